The molecule has 2 heterocycles. The molecule has 3 aromatic rings. The molecule has 0 aliphatic carbocycles. The Morgan fingerprint density at radius 3 is 2.50 bits per heavy atom. The molecule has 2 atom stereocenters. The van der Waals surface area contributed by atoms with E-state index in [2.05, 4.69) is 59.1 Å². The number of thioether (sulfide) groups is 1. The van der Waals surface area contributed by atoms with Gasteiger partial charge >= 0.3 is 0 Å². The number of rotatable bonds is 3. The minimum atomic E-state index is -0.375. The molecule has 7 heteroatoms. The van der Waals surface area contributed by atoms with Crippen LogP contribution in [0.25, 0.3) is 0 Å². The smallest absolute Gasteiger partial charge is 0.240 e. The van der Waals surface area contributed by atoms with Gasteiger partial charge in [-0.3, -0.25) is 4.79 Å². The molecule has 0 bridgehead atoms. The Labute approximate surface area is 168 Å². The number of nitrogens with zero attached hydrogens (tertiary/aromatic N) is 3. The zero-order chi connectivity index (χ0) is 19.8. The Hall–Kier alpha value is -2.80. The number of aryl methyl sites for hydroxylation is 4. The quantitative estimate of drug-likeness (QED) is 0.706. The minimum absolute atomic E-state index is 0.0572. The first-order valence-electron chi connectivity index (χ1n) is 9.22. The number of nitrogens with one attached hydrogen (secondary N) is 2. The van der Waals surface area contributed by atoms with Crippen LogP contribution in [0.15, 0.2) is 47.6 Å². The molecule has 0 unspecified atom stereocenters. The van der Waals surface area contributed by atoms with Gasteiger partial charge in [-0.1, -0.05) is 47.7 Å². The van der Waals surface area contributed by atoms with Crippen LogP contribution in [0, 0.1) is 27.7 Å². The Morgan fingerprint density at radius 1 is 1.04 bits per heavy atom. The molecule has 2 aromatic carbocycles. The van der Waals surface area contributed by atoms with Gasteiger partial charge in [-0.25, -0.2) is 4.68 Å². The lowest BCUT2D eigenvalue weighted by molar-refractivity contribution is -0.116. The van der Waals surface area contributed by atoms with Gasteiger partial charge in [0.25, 0.3) is 0 Å². The van der Waals surface area contributed by atoms with Gasteiger partial charge in [-0.15, -0.1) is 10.2 Å². The molecule has 1 aliphatic heterocycles. The fourth-order valence-electron chi connectivity index (χ4n) is 3.22. The Bertz CT molecular complexity index is 1030. The molecular formula is C21H23N5OS. The van der Waals surface area contributed by atoms with Crippen LogP contribution >= 0.6 is 11.8 Å². The molecule has 0 fully saturated rings. The topological polar surface area (TPSA) is 71.8 Å². The highest BCUT2D eigenvalue weighted by Gasteiger charge is 2.37. The van der Waals surface area contributed by atoms with E-state index in [0.717, 1.165) is 22.6 Å². The Kier molecular flexibility index (Phi) is 4.85. The van der Waals surface area contributed by atoms with Crippen LogP contribution in [-0.2, 0) is 4.79 Å². The largest absolute Gasteiger partial charge is 0.325 e. The number of carbonyl (C=O) groups excluding carboxylic acids is 1. The summed E-state index contributed by atoms with van der Waals surface area (Å²) in [6.07, 6.45) is 0. The van der Waals surface area contributed by atoms with Gasteiger partial charge in [0.1, 0.15) is 11.1 Å². The fraction of sp³-hybridized carbons (Fsp3) is 0.286. The number of hydrogen-bond donors (Lipinski definition) is 2. The molecule has 4 rings (SSSR count). The van der Waals surface area contributed by atoms with Crippen LogP contribution < -0.4 is 10.7 Å². The molecule has 2 N–H and O–H groups in total. The van der Waals surface area contributed by atoms with Crippen molar-refractivity contribution in [1.82, 2.24) is 14.9 Å². The van der Waals surface area contributed by atoms with Crippen LogP contribution in [0.3, 0.4) is 0 Å². The van der Waals surface area contributed by atoms with Crippen molar-refractivity contribution >= 4 is 23.4 Å². The summed E-state index contributed by atoms with van der Waals surface area (Å²) in [6.45, 7) is 8.05. The van der Waals surface area contributed by atoms with Gasteiger partial charge in [0.2, 0.25) is 11.1 Å². The first-order valence-corrected chi connectivity index (χ1v) is 10.1. The van der Waals surface area contributed by atoms with E-state index in [0.29, 0.717) is 5.16 Å². The highest BCUT2D eigenvalue weighted by atomic mass is 32.2. The lowest BCUT2D eigenvalue weighted by atomic mass is 10.0. The number of carbonyl (C=O) groups is 1. The van der Waals surface area contributed by atoms with Crippen LogP contribution in [0.1, 0.15) is 34.1 Å². The zero-order valence-corrected chi connectivity index (χ0v) is 17.2. The SMILES string of the molecule is Cc1ccc([C@H]2Nn3c(C)nnc3S[C@H]2C(=O)Nc2ccc(C)c(C)c2)cc1. The number of fused-ring (bicyclic) bond motifs is 1. The maximum atomic E-state index is 13.2. The molecule has 28 heavy (non-hydrogen) atoms. The summed E-state index contributed by atoms with van der Waals surface area (Å²) >= 11 is 1.43. The van der Waals surface area contributed by atoms with E-state index in [-0.39, 0.29) is 17.2 Å². The van der Waals surface area contributed by atoms with Crippen molar-refractivity contribution < 1.29 is 4.79 Å². The van der Waals surface area contributed by atoms with Crippen molar-refractivity contribution in [3.63, 3.8) is 0 Å². The first kappa shape index (κ1) is 18.6. The van der Waals surface area contributed by atoms with E-state index in [1.54, 1.807) is 0 Å². The summed E-state index contributed by atoms with van der Waals surface area (Å²) in [5, 5.41) is 11.7. The molecule has 1 amide bonds. The van der Waals surface area contributed by atoms with Crippen molar-refractivity contribution in [2.45, 2.75) is 44.1 Å². The van der Waals surface area contributed by atoms with E-state index < -0.39 is 0 Å². The van der Waals surface area contributed by atoms with Crippen LogP contribution in [0.5, 0.6) is 0 Å². The Balaban J connectivity index is 1.65. The summed E-state index contributed by atoms with van der Waals surface area (Å²) in [4.78, 5) is 13.2. The monoisotopic (exact) mass is 393 g/mol. The van der Waals surface area contributed by atoms with Gasteiger partial charge < -0.3 is 10.7 Å². The van der Waals surface area contributed by atoms with Crippen molar-refractivity contribution in [3.8, 4) is 0 Å². The van der Waals surface area contributed by atoms with Crippen LogP contribution in [0.2, 0.25) is 0 Å². The third-order valence-corrected chi connectivity index (χ3v) is 6.28. The van der Waals surface area contributed by atoms with Gasteiger partial charge in [0.05, 0.1) is 6.04 Å². The first-order chi connectivity index (χ1) is 13.4. The number of aromatic nitrogens is 3. The third kappa shape index (κ3) is 3.49. The number of benzene rings is 2. The predicted octanol–water partition coefficient (Wildman–Crippen LogP) is 3.91. The molecule has 6 nitrogen and oxygen atoms in total. The lowest BCUT2D eigenvalue weighted by Gasteiger charge is -2.32. The van der Waals surface area contributed by atoms with Crippen molar-refractivity contribution in [3.05, 3.63) is 70.5 Å². The standard InChI is InChI=1S/C21H23N5OS/c1-12-5-8-16(9-6-12)18-19(28-21-24-23-15(4)26(21)25-18)20(27)22-17-10-7-13(2)14(3)11-17/h5-11,18-19,25H,1-4H3,(H,22,27)/t18-,19-/m1/s1. The Morgan fingerprint density at radius 2 is 1.79 bits per heavy atom. The van der Waals surface area contributed by atoms with Crippen molar-refractivity contribution in [1.29, 1.82) is 0 Å². The minimum Gasteiger partial charge on any atom is -0.325 e. The molecule has 0 saturated carbocycles. The van der Waals surface area contributed by atoms with Gasteiger partial charge in [-0.05, 0) is 56.5 Å². The molecule has 0 radical (unpaired) electrons. The molecule has 1 aromatic heterocycles. The van der Waals surface area contributed by atoms with E-state index in [4.69, 9.17) is 0 Å². The number of hydrogen-bond acceptors (Lipinski definition) is 5. The summed E-state index contributed by atoms with van der Waals surface area (Å²) in [7, 11) is 0. The average Bonchev–Trinajstić information content (AvgIpc) is 3.04. The molecule has 0 saturated heterocycles. The zero-order valence-electron chi connectivity index (χ0n) is 16.4. The predicted molar refractivity (Wildman–Crippen MR) is 112 cm³/mol. The van der Waals surface area contributed by atoms with Crippen LogP contribution in [0.4, 0.5) is 5.69 Å². The molecule has 1 aliphatic rings. The second-order valence-electron chi connectivity index (χ2n) is 7.21. The molecular weight excluding hydrogens is 370 g/mol. The molecule has 0 spiro atoms. The van der Waals surface area contributed by atoms with Gasteiger partial charge in [-0.2, -0.15) is 0 Å². The van der Waals surface area contributed by atoms with E-state index in [1.165, 1.54) is 22.9 Å². The normalized spacial score (nSPS) is 18.3. The highest BCUT2D eigenvalue weighted by molar-refractivity contribution is 8.00. The maximum Gasteiger partial charge on any atom is 0.240 e. The second kappa shape index (κ2) is 7.31. The maximum absolute atomic E-state index is 13.2. The number of anilines is 1. The summed E-state index contributed by atoms with van der Waals surface area (Å²) in [6, 6.07) is 14.0. The fourth-order valence-corrected chi connectivity index (χ4v) is 4.34. The highest BCUT2D eigenvalue weighted by Crippen LogP contribution is 2.37. The summed E-state index contributed by atoms with van der Waals surface area (Å²) in [5.41, 5.74) is 8.82. The summed E-state index contributed by atoms with van der Waals surface area (Å²) in [5.74, 6) is 0.714. The summed E-state index contributed by atoms with van der Waals surface area (Å²) < 4.78 is 1.86. The van der Waals surface area contributed by atoms with Gasteiger partial charge in [0.15, 0.2) is 0 Å². The van der Waals surface area contributed by atoms with Gasteiger partial charge in [0, 0.05) is 5.69 Å². The van der Waals surface area contributed by atoms with Crippen molar-refractivity contribution in [2.24, 2.45) is 0 Å². The lowest BCUT2D eigenvalue weighted by Crippen LogP contribution is -2.41. The van der Waals surface area contributed by atoms with E-state index >= 15 is 0 Å². The molecule has 144 valence electrons. The van der Waals surface area contributed by atoms with E-state index in [9.17, 15) is 4.79 Å². The van der Waals surface area contributed by atoms with E-state index in [1.807, 2.05) is 36.7 Å². The number of amides is 1. The average molecular weight is 394 g/mol. The van der Waals surface area contributed by atoms with Crippen LogP contribution in [-0.4, -0.2) is 26.0 Å². The van der Waals surface area contributed by atoms with Crippen molar-refractivity contribution in [2.75, 3.05) is 10.7 Å². The third-order valence-electron chi connectivity index (χ3n) is 5.07. The second-order valence-corrected chi connectivity index (χ2v) is 8.32.